The molecular formula is C19H22N4O. The zero-order chi connectivity index (χ0) is 16.9. The number of nitrogens with zero attached hydrogens (tertiary/aromatic N) is 4. The lowest BCUT2D eigenvalue weighted by atomic mass is 9.96. The quantitative estimate of drug-likeness (QED) is 0.867. The molecule has 5 heteroatoms. The topological polar surface area (TPSA) is 61.9 Å². The van der Waals surface area contributed by atoms with Crippen molar-refractivity contribution >= 4 is 0 Å². The van der Waals surface area contributed by atoms with Gasteiger partial charge in [0.05, 0.1) is 17.3 Å². The van der Waals surface area contributed by atoms with Gasteiger partial charge in [0.1, 0.15) is 0 Å². The molecule has 0 unspecified atom stereocenters. The molecule has 0 spiro atoms. The second-order valence-corrected chi connectivity index (χ2v) is 6.52. The van der Waals surface area contributed by atoms with Crippen molar-refractivity contribution in [2.45, 2.75) is 32.9 Å². The van der Waals surface area contributed by atoms with Crippen molar-refractivity contribution in [2.24, 2.45) is 5.92 Å². The van der Waals surface area contributed by atoms with Crippen molar-refractivity contribution in [1.82, 2.24) is 14.7 Å². The van der Waals surface area contributed by atoms with E-state index in [1.807, 2.05) is 31.2 Å². The Morgan fingerprint density at radius 1 is 1.17 bits per heavy atom. The summed E-state index contributed by atoms with van der Waals surface area (Å²) >= 11 is 0. The molecular weight excluding hydrogens is 300 g/mol. The van der Waals surface area contributed by atoms with Gasteiger partial charge in [-0.25, -0.2) is 4.68 Å². The van der Waals surface area contributed by atoms with Crippen LogP contribution >= 0.6 is 0 Å². The second kappa shape index (κ2) is 7.41. The predicted octanol–water partition coefficient (Wildman–Crippen LogP) is 2.34. The number of hydrogen-bond acceptors (Lipinski definition) is 4. The minimum Gasteiger partial charge on any atom is -0.299 e. The lowest BCUT2D eigenvalue weighted by Crippen LogP contribution is -2.36. The average Bonchev–Trinajstić information content (AvgIpc) is 2.60. The summed E-state index contributed by atoms with van der Waals surface area (Å²) < 4.78 is 1.61. The Hall–Kier alpha value is -2.45. The Kier molecular flexibility index (Phi) is 5.07. The van der Waals surface area contributed by atoms with Crippen LogP contribution in [0.5, 0.6) is 0 Å². The molecule has 2 heterocycles. The molecule has 1 aliphatic rings. The van der Waals surface area contributed by atoms with E-state index in [1.165, 1.54) is 5.56 Å². The van der Waals surface area contributed by atoms with E-state index in [2.05, 4.69) is 16.1 Å². The second-order valence-electron chi connectivity index (χ2n) is 6.52. The van der Waals surface area contributed by atoms with Gasteiger partial charge in [0.15, 0.2) is 0 Å². The first-order valence-electron chi connectivity index (χ1n) is 8.40. The number of rotatable bonds is 4. The Morgan fingerprint density at radius 3 is 2.54 bits per heavy atom. The van der Waals surface area contributed by atoms with Gasteiger partial charge in [0.2, 0.25) is 0 Å². The predicted molar refractivity (Wildman–Crippen MR) is 92.4 cm³/mol. The molecule has 1 fully saturated rings. The number of aromatic nitrogens is 2. The van der Waals surface area contributed by atoms with Crippen LogP contribution in [0.2, 0.25) is 0 Å². The van der Waals surface area contributed by atoms with Crippen LogP contribution in [-0.4, -0.2) is 27.8 Å². The standard InChI is InChI=1S/C19H22N4O/c1-15-2-7-19(24)23(21-15)14-18-8-10-22(11-9-18)13-17-5-3-16(12-20)4-6-17/h2-7,18H,8-11,13-14H2,1H3. The number of benzene rings is 1. The number of aryl methyl sites for hydroxylation is 1. The van der Waals surface area contributed by atoms with Gasteiger partial charge in [0.25, 0.3) is 5.56 Å². The molecule has 2 aromatic rings. The molecule has 5 nitrogen and oxygen atoms in total. The molecule has 1 aromatic carbocycles. The smallest absolute Gasteiger partial charge is 0.266 e. The molecule has 0 bridgehead atoms. The molecule has 0 saturated carbocycles. The first-order chi connectivity index (χ1) is 11.6. The molecule has 0 atom stereocenters. The van der Waals surface area contributed by atoms with Crippen molar-refractivity contribution < 1.29 is 0 Å². The largest absolute Gasteiger partial charge is 0.299 e. The molecule has 1 aromatic heterocycles. The van der Waals surface area contributed by atoms with Gasteiger partial charge in [-0.2, -0.15) is 10.4 Å². The highest BCUT2D eigenvalue weighted by Crippen LogP contribution is 2.20. The highest BCUT2D eigenvalue weighted by molar-refractivity contribution is 5.31. The SMILES string of the molecule is Cc1ccc(=O)n(CC2CCN(Cc3ccc(C#N)cc3)CC2)n1. The van der Waals surface area contributed by atoms with Gasteiger partial charge in [0, 0.05) is 19.2 Å². The van der Waals surface area contributed by atoms with Gasteiger partial charge in [-0.1, -0.05) is 12.1 Å². The van der Waals surface area contributed by atoms with E-state index in [-0.39, 0.29) is 5.56 Å². The molecule has 1 aliphatic heterocycles. The van der Waals surface area contributed by atoms with Crippen molar-refractivity contribution in [3.05, 3.63) is 63.6 Å². The van der Waals surface area contributed by atoms with Crippen LogP contribution in [-0.2, 0) is 13.1 Å². The minimum atomic E-state index is -0.0133. The molecule has 1 saturated heterocycles. The van der Waals surface area contributed by atoms with Gasteiger partial charge in [-0.05, 0) is 62.5 Å². The normalized spacial score (nSPS) is 16.0. The fourth-order valence-electron chi connectivity index (χ4n) is 3.20. The first kappa shape index (κ1) is 16.4. The van der Waals surface area contributed by atoms with Crippen molar-refractivity contribution in [1.29, 1.82) is 5.26 Å². The van der Waals surface area contributed by atoms with Gasteiger partial charge in [-0.15, -0.1) is 0 Å². The summed E-state index contributed by atoms with van der Waals surface area (Å²) in [6.07, 6.45) is 2.16. The van der Waals surface area contributed by atoms with Crippen molar-refractivity contribution in [3.8, 4) is 6.07 Å². The lowest BCUT2D eigenvalue weighted by molar-refractivity contribution is 0.163. The van der Waals surface area contributed by atoms with E-state index in [9.17, 15) is 4.79 Å². The van der Waals surface area contributed by atoms with E-state index in [1.54, 1.807) is 16.8 Å². The van der Waals surface area contributed by atoms with Crippen LogP contribution in [0, 0.1) is 24.2 Å². The van der Waals surface area contributed by atoms with E-state index < -0.39 is 0 Å². The highest BCUT2D eigenvalue weighted by Gasteiger charge is 2.20. The lowest BCUT2D eigenvalue weighted by Gasteiger charge is -2.32. The summed E-state index contributed by atoms with van der Waals surface area (Å²) in [5.74, 6) is 0.509. The van der Waals surface area contributed by atoms with E-state index in [0.29, 0.717) is 18.0 Å². The van der Waals surface area contributed by atoms with E-state index in [4.69, 9.17) is 5.26 Å². The summed E-state index contributed by atoms with van der Waals surface area (Å²) in [7, 11) is 0. The van der Waals surface area contributed by atoms with Crippen LogP contribution in [0.1, 0.15) is 29.7 Å². The van der Waals surface area contributed by atoms with Crippen LogP contribution in [0.3, 0.4) is 0 Å². The van der Waals surface area contributed by atoms with Gasteiger partial charge < -0.3 is 0 Å². The maximum Gasteiger partial charge on any atom is 0.266 e. The molecule has 3 rings (SSSR count). The van der Waals surface area contributed by atoms with E-state index >= 15 is 0 Å². The third-order valence-corrected chi connectivity index (χ3v) is 4.63. The summed E-state index contributed by atoms with van der Waals surface area (Å²) in [6, 6.07) is 13.3. The number of likely N-dealkylation sites (tertiary alicyclic amines) is 1. The Bertz CT molecular complexity index is 780. The van der Waals surface area contributed by atoms with Crippen LogP contribution in [0.15, 0.2) is 41.2 Å². The molecule has 0 N–H and O–H groups in total. The summed E-state index contributed by atoms with van der Waals surface area (Å²) in [5, 5.41) is 13.2. The van der Waals surface area contributed by atoms with Crippen LogP contribution < -0.4 is 5.56 Å². The third kappa shape index (κ3) is 4.09. The first-order valence-corrected chi connectivity index (χ1v) is 8.40. The molecule has 0 amide bonds. The monoisotopic (exact) mass is 322 g/mol. The Labute approximate surface area is 142 Å². The van der Waals surface area contributed by atoms with Gasteiger partial charge in [-0.3, -0.25) is 9.69 Å². The van der Waals surface area contributed by atoms with Crippen molar-refractivity contribution in [2.75, 3.05) is 13.1 Å². The number of nitriles is 1. The van der Waals surface area contributed by atoms with E-state index in [0.717, 1.165) is 38.2 Å². The molecule has 24 heavy (non-hydrogen) atoms. The van der Waals surface area contributed by atoms with Crippen LogP contribution in [0.4, 0.5) is 0 Å². The minimum absolute atomic E-state index is 0.0133. The Balaban J connectivity index is 1.53. The summed E-state index contributed by atoms with van der Waals surface area (Å²) in [4.78, 5) is 14.3. The zero-order valence-electron chi connectivity index (χ0n) is 14.0. The van der Waals surface area contributed by atoms with Gasteiger partial charge >= 0.3 is 0 Å². The maximum atomic E-state index is 11.9. The fraction of sp³-hybridized carbons (Fsp3) is 0.421. The third-order valence-electron chi connectivity index (χ3n) is 4.63. The molecule has 124 valence electrons. The average molecular weight is 322 g/mol. The molecule has 0 aliphatic carbocycles. The van der Waals surface area contributed by atoms with Crippen LogP contribution in [0.25, 0.3) is 0 Å². The zero-order valence-corrected chi connectivity index (χ0v) is 14.0. The highest BCUT2D eigenvalue weighted by atomic mass is 16.1. The fourth-order valence-corrected chi connectivity index (χ4v) is 3.20. The summed E-state index contributed by atoms with van der Waals surface area (Å²) in [5.41, 5.74) is 2.81. The van der Waals surface area contributed by atoms with Crippen molar-refractivity contribution in [3.63, 3.8) is 0 Å². The number of hydrogen-bond donors (Lipinski definition) is 0. The number of piperidine rings is 1. The summed E-state index contributed by atoms with van der Waals surface area (Å²) in [6.45, 7) is 5.61. The molecule has 0 radical (unpaired) electrons. The Morgan fingerprint density at radius 2 is 1.88 bits per heavy atom. The maximum absolute atomic E-state index is 11.9.